The van der Waals surface area contributed by atoms with E-state index in [9.17, 15) is 5.26 Å². The van der Waals surface area contributed by atoms with Crippen LogP contribution in [-0.2, 0) is 0 Å². The summed E-state index contributed by atoms with van der Waals surface area (Å²) in [5.74, 6) is 1.82. The van der Waals surface area contributed by atoms with Gasteiger partial charge < -0.3 is 14.4 Å². The largest absolute Gasteiger partial charge is 0.471 e. The second-order valence-electron chi connectivity index (χ2n) is 6.47. The second kappa shape index (κ2) is 8.20. The van der Waals surface area contributed by atoms with Crippen molar-refractivity contribution in [3.63, 3.8) is 0 Å². The number of anilines is 1. The fourth-order valence-corrected chi connectivity index (χ4v) is 3.39. The Morgan fingerprint density at radius 1 is 1.07 bits per heavy atom. The molecule has 1 saturated heterocycles. The molecule has 0 spiro atoms. The number of para-hydroxylation sites is 1. The van der Waals surface area contributed by atoms with E-state index in [1.807, 2.05) is 42.5 Å². The normalized spacial score (nSPS) is 15.9. The number of benzene rings is 2. The Hall–Kier alpha value is -3.23. The molecule has 1 aromatic heterocycles. The fraction of sp³-hybridized carbons (Fsp3) is 0.182. The molecule has 0 unspecified atom stereocenters. The van der Waals surface area contributed by atoms with Gasteiger partial charge >= 0.3 is 0 Å². The summed E-state index contributed by atoms with van der Waals surface area (Å²) < 4.78 is 11.8. The van der Waals surface area contributed by atoms with E-state index >= 15 is 0 Å². The predicted octanol–water partition coefficient (Wildman–Crippen LogP) is 5.06. The number of hydrogen-bond acceptors (Lipinski definition) is 5. The molecule has 0 aliphatic carbocycles. The van der Waals surface area contributed by atoms with Crippen molar-refractivity contribution in [3.8, 4) is 23.4 Å². The molecule has 1 aliphatic heterocycles. The molecule has 140 valence electrons. The van der Waals surface area contributed by atoms with E-state index in [0.717, 1.165) is 24.4 Å². The van der Waals surface area contributed by atoms with Gasteiger partial charge in [0.1, 0.15) is 28.7 Å². The van der Waals surface area contributed by atoms with E-state index < -0.39 is 0 Å². The first-order valence-corrected chi connectivity index (χ1v) is 9.40. The summed E-state index contributed by atoms with van der Waals surface area (Å²) in [4.78, 5) is 6.33. The Kier molecular flexibility index (Phi) is 5.31. The van der Waals surface area contributed by atoms with Crippen LogP contribution in [0.15, 0.2) is 66.9 Å². The fourth-order valence-electron chi connectivity index (χ4n) is 3.23. The van der Waals surface area contributed by atoms with Crippen molar-refractivity contribution in [2.45, 2.75) is 12.5 Å². The molecule has 1 aliphatic rings. The van der Waals surface area contributed by atoms with Gasteiger partial charge in [0.15, 0.2) is 0 Å². The standard InChI is InChI=1S/C22H18ClN3O2/c23-20-7-4-11-25-22(20)28-19-10-12-26(15-19)21-9-8-18(13-16(21)14-24)27-17-5-2-1-3-6-17/h1-9,11,13,19H,10,12,15H2/t19-/m0/s1. The minimum Gasteiger partial charge on any atom is -0.471 e. The number of nitrogens with zero attached hydrogens (tertiary/aromatic N) is 3. The summed E-state index contributed by atoms with van der Waals surface area (Å²) in [6.07, 6.45) is 2.46. The lowest BCUT2D eigenvalue weighted by molar-refractivity contribution is 0.216. The smallest absolute Gasteiger partial charge is 0.232 e. The monoisotopic (exact) mass is 391 g/mol. The molecule has 5 nitrogen and oxygen atoms in total. The number of hydrogen-bond donors (Lipinski definition) is 0. The lowest BCUT2D eigenvalue weighted by Gasteiger charge is -2.20. The van der Waals surface area contributed by atoms with Gasteiger partial charge in [-0.05, 0) is 36.4 Å². The highest BCUT2D eigenvalue weighted by molar-refractivity contribution is 6.31. The van der Waals surface area contributed by atoms with Gasteiger partial charge in [-0.3, -0.25) is 0 Å². The highest BCUT2D eigenvalue weighted by Gasteiger charge is 2.27. The van der Waals surface area contributed by atoms with Gasteiger partial charge in [0.25, 0.3) is 0 Å². The number of aromatic nitrogens is 1. The number of ether oxygens (including phenoxy) is 2. The summed E-state index contributed by atoms with van der Waals surface area (Å²) >= 11 is 6.13. The van der Waals surface area contributed by atoms with Crippen LogP contribution in [-0.4, -0.2) is 24.2 Å². The quantitative estimate of drug-likeness (QED) is 0.608. The van der Waals surface area contributed by atoms with E-state index in [2.05, 4.69) is 16.0 Å². The van der Waals surface area contributed by atoms with Gasteiger partial charge in [-0.25, -0.2) is 4.98 Å². The van der Waals surface area contributed by atoms with E-state index in [0.29, 0.717) is 28.8 Å². The van der Waals surface area contributed by atoms with Gasteiger partial charge in [0.2, 0.25) is 5.88 Å². The third-order valence-corrected chi connectivity index (χ3v) is 4.84. The van der Waals surface area contributed by atoms with Crippen LogP contribution in [0.25, 0.3) is 0 Å². The van der Waals surface area contributed by atoms with Crippen LogP contribution in [0.4, 0.5) is 5.69 Å². The van der Waals surface area contributed by atoms with Crippen LogP contribution < -0.4 is 14.4 Å². The van der Waals surface area contributed by atoms with Crippen LogP contribution in [0.2, 0.25) is 5.02 Å². The summed E-state index contributed by atoms with van der Waals surface area (Å²) in [5.41, 5.74) is 1.45. The maximum atomic E-state index is 9.62. The van der Waals surface area contributed by atoms with Gasteiger partial charge in [0.05, 0.1) is 17.8 Å². The van der Waals surface area contributed by atoms with Gasteiger partial charge in [-0.2, -0.15) is 5.26 Å². The Morgan fingerprint density at radius 3 is 2.71 bits per heavy atom. The summed E-state index contributed by atoms with van der Waals surface area (Å²) in [6, 6.07) is 20.9. The minimum atomic E-state index is -0.0285. The van der Waals surface area contributed by atoms with Crippen molar-refractivity contribution in [1.29, 1.82) is 5.26 Å². The average Bonchev–Trinajstić information content (AvgIpc) is 3.19. The third-order valence-electron chi connectivity index (χ3n) is 4.56. The molecule has 4 rings (SSSR count). The molecule has 0 amide bonds. The van der Waals surface area contributed by atoms with Gasteiger partial charge in [-0.1, -0.05) is 29.8 Å². The Labute approximate surface area is 168 Å². The van der Waals surface area contributed by atoms with Crippen molar-refractivity contribution in [1.82, 2.24) is 4.98 Å². The molecular weight excluding hydrogens is 374 g/mol. The van der Waals surface area contributed by atoms with Crippen molar-refractivity contribution < 1.29 is 9.47 Å². The molecule has 0 saturated carbocycles. The molecule has 0 radical (unpaired) electrons. The van der Waals surface area contributed by atoms with Crippen LogP contribution in [0.5, 0.6) is 17.4 Å². The van der Waals surface area contributed by atoms with E-state index in [-0.39, 0.29) is 6.10 Å². The highest BCUT2D eigenvalue weighted by Crippen LogP contribution is 2.31. The van der Waals surface area contributed by atoms with Crippen LogP contribution in [0.3, 0.4) is 0 Å². The van der Waals surface area contributed by atoms with Gasteiger partial charge in [-0.15, -0.1) is 0 Å². The van der Waals surface area contributed by atoms with E-state index in [4.69, 9.17) is 21.1 Å². The molecule has 2 heterocycles. The number of pyridine rings is 1. The average molecular weight is 392 g/mol. The molecule has 3 aromatic rings. The zero-order valence-electron chi connectivity index (χ0n) is 15.1. The first-order chi connectivity index (χ1) is 13.7. The lowest BCUT2D eigenvalue weighted by Crippen LogP contribution is -2.25. The molecule has 1 atom stereocenters. The second-order valence-corrected chi connectivity index (χ2v) is 6.88. The molecule has 0 N–H and O–H groups in total. The molecule has 6 heteroatoms. The van der Waals surface area contributed by atoms with Crippen LogP contribution in [0, 0.1) is 11.3 Å². The molecule has 1 fully saturated rings. The molecular formula is C22H18ClN3O2. The molecule has 0 bridgehead atoms. The zero-order valence-corrected chi connectivity index (χ0v) is 15.8. The van der Waals surface area contributed by atoms with Crippen LogP contribution in [0.1, 0.15) is 12.0 Å². The summed E-state index contributed by atoms with van der Waals surface area (Å²) in [5, 5.41) is 10.1. The van der Waals surface area contributed by atoms with Crippen molar-refractivity contribution in [3.05, 3.63) is 77.4 Å². The third kappa shape index (κ3) is 4.03. The zero-order chi connectivity index (χ0) is 19.3. The van der Waals surface area contributed by atoms with Crippen molar-refractivity contribution in [2.75, 3.05) is 18.0 Å². The van der Waals surface area contributed by atoms with Gasteiger partial charge in [0, 0.05) is 25.2 Å². The first kappa shape index (κ1) is 18.1. The lowest BCUT2D eigenvalue weighted by atomic mass is 10.1. The maximum Gasteiger partial charge on any atom is 0.232 e. The summed E-state index contributed by atoms with van der Waals surface area (Å²) in [6.45, 7) is 1.46. The molecule has 28 heavy (non-hydrogen) atoms. The Balaban J connectivity index is 1.47. The predicted molar refractivity (Wildman–Crippen MR) is 108 cm³/mol. The number of rotatable bonds is 5. The van der Waals surface area contributed by atoms with Crippen molar-refractivity contribution in [2.24, 2.45) is 0 Å². The maximum absolute atomic E-state index is 9.62. The summed E-state index contributed by atoms with van der Waals surface area (Å²) in [7, 11) is 0. The minimum absolute atomic E-state index is 0.0285. The molecule has 2 aromatic carbocycles. The Morgan fingerprint density at radius 2 is 1.93 bits per heavy atom. The SMILES string of the molecule is N#Cc1cc(Oc2ccccc2)ccc1N1CC[C@H](Oc2ncccc2Cl)C1. The van der Waals surface area contributed by atoms with E-state index in [1.165, 1.54) is 0 Å². The highest BCUT2D eigenvalue weighted by atomic mass is 35.5. The van der Waals surface area contributed by atoms with Crippen molar-refractivity contribution >= 4 is 17.3 Å². The topological polar surface area (TPSA) is 58.4 Å². The number of halogens is 1. The number of nitriles is 1. The Bertz CT molecular complexity index is 1000. The first-order valence-electron chi connectivity index (χ1n) is 9.02. The van der Waals surface area contributed by atoms with E-state index in [1.54, 1.807) is 24.4 Å². The van der Waals surface area contributed by atoms with Crippen LogP contribution >= 0.6 is 11.6 Å².